The molecule has 0 bridgehead atoms. The third-order valence-electron chi connectivity index (χ3n) is 5.99. The van der Waals surface area contributed by atoms with Gasteiger partial charge in [0.05, 0.1) is 11.4 Å². The lowest BCUT2D eigenvalue weighted by molar-refractivity contribution is 0.0690. The maximum Gasteiger partial charge on any atom is 0.274 e. The molecule has 0 atom stereocenters. The number of rotatable bonds is 4. The van der Waals surface area contributed by atoms with Gasteiger partial charge in [-0.2, -0.15) is 9.40 Å². The molecule has 2 heterocycles. The summed E-state index contributed by atoms with van der Waals surface area (Å²) < 4.78 is 27.6. The number of nitrogens with zero attached hydrogens (tertiary/aromatic N) is 4. The fourth-order valence-corrected chi connectivity index (χ4v) is 5.46. The molecule has 9 heteroatoms. The molecule has 1 amide bonds. The van der Waals surface area contributed by atoms with Gasteiger partial charge in [0.2, 0.25) is 10.0 Å². The van der Waals surface area contributed by atoms with Crippen molar-refractivity contribution in [3.8, 4) is 5.69 Å². The van der Waals surface area contributed by atoms with Gasteiger partial charge in [0.1, 0.15) is 0 Å². The van der Waals surface area contributed by atoms with Crippen molar-refractivity contribution in [2.24, 2.45) is 0 Å². The minimum atomic E-state index is -3.22. The Morgan fingerprint density at radius 3 is 2.37 bits per heavy atom. The molecule has 1 saturated heterocycles. The zero-order valence-corrected chi connectivity index (χ0v) is 18.8. The smallest absolute Gasteiger partial charge is 0.274 e. The molecular weight excluding hydrogens is 424 g/mol. The molecule has 2 aromatic rings. The van der Waals surface area contributed by atoms with E-state index in [9.17, 15) is 13.2 Å². The van der Waals surface area contributed by atoms with Gasteiger partial charge in [0.25, 0.3) is 5.91 Å². The summed E-state index contributed by atoms with van der Waals surface area (Å²) in [5, 5.41) is 5.40. The number of piperazine rings is 1. The molecular formula is C21H27ClN4O3S. The fourth-order valence-electron chi connectivity index (χ4n) is 4.25. The maximum absolute atomic E-state index is 13.4. The number of hydrogen-bond acceptors (Lipinski definition) is 4. The van der Waals surface area contributed by atoms with E-state index in [4.69, 9.17) is 16.7 Å². The predicted molar refractivity (Wildman–Crippen MR) is 117 cm³/mol. The molecule has 1 aromatic carbocycles. The van der Waals surface area contributed by atoms with Gasteiger partial charge in [0, 0.05) is 42.5 Å². The van der Waals surface area contributed by atoms with Gasteiger partial charge < -0.3 is 4.90 Å². The zero-order chi connectivity index (χ0) is 21.3. The summed E-state index contributed by atoms with van der Waals surface area (Å²) in [5.41, 5.74) is 3.55. The minimum absolute atomic E-state index is 0.0833. The van der Waals surface area contributed by atoms with Crippen molar-refractivity contribution in [2.45, 2.75) is 39.0 Å². The molecule has 30 heavy (non-hydrogen) atoms. The SMILES string of the molecule is CCS(=O)(=O)N1CCN(C(=O)c2nn(-c3ccc(Cl)cc3)c3c2CCCCC3)CC1. The van der Waals surface area contributed by atoms with Crippen LogP contribution in [0.15, 0.2) is 24.3 Å². The minimum Gasteiger partial charge on any atom is -0.335 e. The monoisotopic (exact) mass is 450 g/mol. The standard InChI is InChI=1S/C21H27ClN4O3S/c1-2-30(28,29)25-14-12-24(13-15-25)21(27)20-18-6-4-3-5-7-19(18)26(23-20)17-10-8-16(22)9-11-17/h8-11H,2-7,12-15H2,1H3. The molecule has 4 rings (SSSR count). The Morgan fingerprint density at radius 2 is 1.70 bits per heavy atom. The highest BCUT2D eigenvalue weighted by atomic mass is 35.5. The van der Waals surface area contributed by atoms with Gasteiger partial charge in [-0.15, -0.1) is 0 Å². The molecule has 0 N–H and O–H groups in total. The molecule has 0 unspecified atom stereocenters. The summed E-state index contributed by atoms with van der Waals surface area (Å²) in [6.45, 7) is 3.09. The molecule has 1 aromatic heterocycles. The fraction of sp³-hybridized carbons (Fsp3) is 0.524. The summed E-state index contributed by atoms with van der Waals surface area (Å²) in [4.78, 5) is 15.1. The van der Waals surface area contributed by atoms with Crippen LogP contribution in [0.2, 0.25) is 5.02 Å². The Kier molecular flexibility index (Phi) is 6.18. The molecule has 0 radical (unpaired) electrons. The highest BCUT2D eigenvalue weighted by Crippen LogP contribution is 2.28. The predicted octanol–water partition coefficient (Wildman–Crippen LogP) is 2.90. The van der Waals surface area contributed by atoms with Crippen molar-refractivity contribution < 1.29 is 13.2 Å². The van der Waals surface area contributed by atoms with Crippen LogP contribution >= 0.6 is 11.6 Å². The van der Waals surface area contributed by atoms with Crippen molar-refractivity contribution in [1.29, 1.82) is 0 Å². The average Bonchev–Trinajstić information content (AvgIpc) is 2.94. The number of halogens is 1. The van der Waals surface area contributed by atoms with E-state index in [1.807, 2.05) is 28.9 Å². The molecule has 1 fully saturated rings. The average molecular weight is 451 g/mol. The molecule has 1 aliphatic carbocycles. The number of sulfonamides is 1. The summed E-state index contributed by atoms with van der Waals surface area (Å²) in [7, 11) is -3.22. The number of carbonyl (C=O) groups is 1. The van der Waals surface area contributed by atoms with E-state index < -0.39 is 10.0 Å². The van der Waals surface area contributed by atoms with Crippen LogP contribution in [0.5, 0.6) is 0 Å². The summed E-state index contributed by atoms with van der Waals surface area (Å²) in [6.07, 6.45) is 4.99. The Bertz CT molecular complexity index is 1030. The van der Waals surface area contributed by atoms with Crippen molar-refractivity contribution >= 4 is 27.5 Å². The van der Waals surface area contributed by atoms with Gasteiger partial charge in [0.15, 0.2) is 5.69 Å². The van der Waals surface area contributed by atoms with Gasteiger partial charge in [-0.05, 0) is 56.9 Å². The second-order valence-corrected chi connectivity index (χ2v) is 10.5. The highest BCUT2D eigenvalue weighted by Gasteiger charge is 2.32. The molecule has 1 aliphatic heterocycles. The summed E-state index contributed by atoms with van der Waals surface area (Å²) in [6, 6.07) is 7.50. The Balaban J connectivity index is 1.62. The maximum atomic E-state index is 13.4. The van der Waals surface area contributed by atoms with Crippen LogP contribution in [0.4, 0.5) is 0 Å². The first-order chi connectivity index (χ1) is 14.4. The van der Waals surface area contributed by atoms with Gasteiger partial charge in [-0.1, -0.05) is 18.0 Å². The number of hydrogen-bond donors (Lipinski definition) is 0. The number of amides is 1. The first kappa shape index (κ1) is 21.3. The zero-order valence-electron chi connectivity index (χ0n) is 17.2. The van der Waals surface area contributed by atoms with Crippen LogP contribution in [0, 0.1) is 0 Å². The summed E-state index contributed by atoms with van der Waals surface area (Å²) >= 11 is 6.04. The Hall–Kier alpha value is -1.90. The second-order valence-electron chi connectivity index (χ2n) is 7.81. The van der Waals surface area contributed by atoms with Crippen LogP contribution in [-0.2, 0) is 22.9 Å². The quantitative estimate of drug-likeness (QED) is 0.671. The van der Waals surface area contributed by atoms with Crippen molar-refractivity contribution in [3.63, 3.8) is 0 Å². The van der Waals surface area contributed by atoms with E-state index in [0.29, 0.717) is 36.9 Å². The lowest BCUT2D eigenvalue weighted by Gasteiger charge is -2.33. The number of aromatic nitrogens is 2. The van der Waals surface area contributed by atoms with Crippen molar-refractivity contribution in [3.05, 3.63) is 46.2 Å². The topological polar surface area (TPSA) is 75.5 Å². The molecule has 2 aliphatic rings. The highest BCUT2D eigenvalue weighted by molar-refractivity contribution is 7.89. The summed E-state index contributed by atoms with van der Waals surface area (Å²) in [5.74, 6) is -0.0191. The van der Waals surface area contributed by atoms with Crippen LogP contribution in [0.1, 0.15) is 47.9 Å². The van der Waals surface area contributed by atoms with Crippen molar-refractivity contribution in [1.82, 2.24) is 19.0 Å². The van der Waals surface area contributed by atoms with E-state index in [1.54, 1.807) is 11.8 Å². The Morgan fingerprint density at radius 1 is 1.03 bits per heavy atom. The van der Waals surface area contributed by atoms with E-state index in [1.165, 1.54) is 4.31 Å². The second kappa shape index (κ2) is 8.69. The first-order valence-electron chi connectivity index (χ1n) is 10.5. The van der Waals surface area contributed by atoms with Crippen molar-refractivity contribution in [2.75, 3.05) is 31.9 Å². The van der Waals surface area contributed by atoms with Crippen LogP contribution in [0.3, 0.4) is 0 Å². The molecule has 0 saturated carbocycles. The van der Waals surface area contributed by atoms with Crippen LogP contribution < -0.4 is 0 Å². The van der Waals surface area contributed by atoms with E-state index in [2.05, 4.69) is 0 Å². The van der Waals surface area contributed by atoms with E-state index >= 15 is 0 Å². The number of benzene rings is 1. The normalized spacial score (nSPS) is 18.1. The lowest BCUT2D eigenvalue weighted by Crippen LogP contribution is -2.51. The molecule has 0 spiro atoms. The Labute approximate surface area is 182 Å². The van der Waals surface area contributed by atoms with E-state index in [0.717, 1.165) is 49.0 Å². The largest absolute Gasteiger partial charge is 0.335 e. The number of fused-ring (bicyclic) bond motifs is 1. The van der Waals surface area contributed by atoms with Crippen LogP contribution in [0.25, 0.3) is 5.69 Å². The third-order valence-corrected chi connectivity index (χ3v) is 8.12. The first-order valence-corrected chi connectivity index (χ1v) is 12.5. The van der Waals surface area contributed by atoms with Gasteiger partial charge in [-0.3, -0.25) is 4.79 Å². The van der Waals surface area contributed by atoms with Gasteiger partial charge in [-0.25, -0.2) is 13.1 Å². The van der Waals surface area contributed by atoms with E-state index in [-0.39, 0.29) is 11.7 Å². The molecule has 162 valence electrons. The molecule has 7 nitrogen and oxygen atoms in total. The van der Waals surface area contributed by atoms with Gasteiger partial charge >= 0.3 is 0 Å². The number of carbonyl (C=O) groups excluding carboxylic acids is 1. The third kappa shape index (κ3) is 4.13. The van der Waals surface area contributed by atoms with Crippen LogP contribution in [-0.4, -0.2) is 65.2 Å². The lowest BCUT2D eigenvalue weighted by atomic mass is 10.1.